The molecule has 238 valence electrons. The Kier molecular flexibility index (Phi) is 9.33. The highest BCUT2D eigenvalue weighted by atomic mass is 19.4. The molecule has 0 spiro atoms. The molecule has 2 heterocycles. The van der Waals surface area contributed by atoms with E-state index < -0.39 is 23.7 Å². The van der Waals surface area contributed by atoms with E-state index in [2.05, 4.69) is 11.1 Å². The smallest absolute Gasteiger partial charge is 0.416 e. The van der Waals surface area contributed by atoms with Crippen LogP contribution in [0.4, 0.5) is 13.2 Å². The fourth-order valence-corrected chi connectivity index (χ4v) is 5.78. The minimum Gasteiger partial charge on any atom is -0.444 e. The van der Waals surface area contributed by atoms with E-state index >= 15 is 0 Å². The molecule has 1 aliphatic heterocycles. The normalized spacial score (nSPS) is 13.7. The van der Waals surface area contributed by atoms with Crippen molar-refractivity contribution >= 4 is 17.9 Å². The van der Waals surface area contributed by atoms with Gasteiger partial charge in [-0.1, -0.05) is 91.0 Å². The summed E-state index contributed by atoms with van der Waals surface area (Å²) in [5.74, 6) is 0.000264. The number of alkyl halides is 3. The molecule has 5 aromatic rings. The minimum absolute atomic E-state index is 0.126. The Morgan fingerprint density at radius 1 is 0.872 bits per heavy atom. The van der Waals surface area contributed by atoms with Crippen molar-refractivity contribution in [1.82, 2.24) is 14.8 Å². The molecule has 6 rings (SSSR count). The van der Waals surface area contributed by atoms with E-state index in [9.17, 15) is 22.8 Å². The zero-order valence-electron chi connectivity index (χ0n) is 25.4. The molecule has 9 heteroatoms. The summed E-state index contributed by atoms with van der Waals surface area (Å²) in [6.07, 6.45) is 2.30. The number of carbonyl (C=O) groups is 2. The van der Waals surface area contributed by atoms with Gasteiger partial charge in [-0.2, -0.15) is 13.2 Å². The summed E-state index contributed by atoms with van der Waals surface area (Å²) in [5, 5.41) is 0. The fourth-order valence-electron chi connectivity index (χ4n) is 5.78. The molecule has 0 radical (unpaired) electrons. The molecule has 0 saturated heterocycles. The van der Waals surface area contributed by atoms with Crippen LogP contribution in [0.15, 0.2) is 126 Å². The molecule has 0 aliphatic carbocycles. The summed E-state index contributed by atoms with van der Waals surface area (Å²) in [6, 6.07) is 28.8. The van der Waals surface area contributed by atoms with Gasteiger partial charge in [0.05, 0.1) is 11.8 Å². The van der Waals surface area contributed by atoms with E-state index in [0.29, 0.717) is 30.8 Å². The van der Waals surface area contributed by atoms with Crippen LogP contribution < -0.4 is 0 Å². The van der Waals surface area contributed by atoms with Crippen molar-refractivity contribution < 1.29 is 27.2 Å². The fraction of sp³-hybridized carbons (Fsp3) is 0.184. The molecule has 2 amide bonds. The van der Waals surface area contributed by atoms with E-state index in [1.165, 1.54) is 36.2 Å². The van der Waals surface area contributed by atoms with Crippen LogP contribution in [0.25, 0.3) is 17.4 Å². The van der Waals surface area contributed by atoms with Crippen LogP contribution in [0.1, 0.15) is 33.4 Å². The number of hydrogen-bond donors (Lipinski definition) is 0. The van der Waals surface area contributed by atoms with Gasteiger partial charge in [0.2, 0.25) is 11.8 Å². The zero-order valence-corrected chi connectivity index (χ0v) is 25.4. The average molecular weight is 636 g/mol. The molecule has 4 aromatic carbocycles. The summed E-state index contributed by atoms with van der Waals surface area (Å²) in [7, 11) is 0. The lowest BCUT2D eigenvalue weighted by molar-refractivity contribution is -0.144. The third-order valence-electron chi connectivity index (χ3n) is 8.34. The van der Waals surface area contributed by atoms with Crippen molar-refractivity contribution in [3.05, 3.63) is 155 Å². The second-order valence-corrected chi connectivity index (χ2v) is 11.5. The highest BCUT2D eigenvalue weighted by Gasteiger charge is 2.34. The van der Waals surface area contributed by atoms with E-state index in [0.717, 1.165) is 34.4 Å². The zero-order chi connectivity index (χ0) is 32.8. The first-order valence-electron chi connectivity index (χ1n) is 15.3. The lowest BCUT2D eigenvalue weighted by Crippen LogP contribution is -2.52. The molecule has 0 fully saturated rings. The molecule has 1 atom stereocenters. The molecular formula is C38H32F3N3O3. The topological polar surface area (TPSA) is 66.7 Å². The van der Waals surface area contributed by atoms with Crippen molar-refractivity contribution in [3.8, 4) is 11.3 Å². The summed E-state index contributed by atoms with van der Waals surface area (Å²) >= 11 is 0. The van der Waals surface area contributed by atoms with Crippen molar-refractivity contribution in [1.29, 1.82) is 0 Å². The molecule has 0 N–H and O–H groups in total. The summed E-state index contributed by atoms with van der Waals surface area (Å²) < 4.78 is 44.7. The molecule has 1 aliphatic rings. The second kappa shape index (κ2) is 13.9. The van der Waals surface area contributed by atoms with E-state index in [-0.39, 0.29) is 18.9 Å². The van der Waals surface area contributed by atoms with Gasteiger partial charge in [-0.3, -0.25) is 9.59 Å². The van der Waals surface area contributed by atoms with Gasteiger partial charge in [-0.15, -0.1) is 0 Å². The van der Waals surface area contributed by atoms with Crippen LogP contribution in [0.3, 0.4) is 0 Å². The van der Waals surface area contributed by atoms with Gasteiger partial charge in [0.1, 0.15) is 6.04 Å². The summed E-state index contributed by atoms with van der Waals surface area (Å²) in [5.41, 5.74) is 4.45. The Balaban J connectivity index is 1.33. The van der Waals surface area contributed by atoms with Crippen LogP contribution in [0, 0.1) is 0 Å². The first kappa shape index (κ1) is 31.5. The largest absolute Gasteiger partial charge is 0.444 e. The number of carbonyl (C=O) groups excluding carboxylic acids is 2. The maximum atomic E-state index is 14.4. The first-order chi connectivity index (χ1) is 22.7. The SMILES string of the molecule is O=C(C(Cc1ccccc1)N(Cc1ccc(-c2cnco2)cc1)C(=O)C=Cc1ccc(C(F)(F)F)cc1)N1CCc2ccccc2C1. The Bertz CT molecular complexity index is 1840. The number of rotatable bonds is 9. The predicted molar refractivity (Wildman–Crippen MR) is 172 cm³/mol. The van der Waals surface area contributed by atoms with E-state index in [1.54, 1.807) is 11.1 Å². The lowest BCUT2D eigenvalue weighted by Gasteiger charge is -2.37. The third kappa shape index (κ3) is 7.69. The van der Waals surface area contributed by atoms with Crippen molar-refractivity contribution in [2.45, 2.75) is 38.1 Å². The number of hydrogen-bond acceptors (Lipinski definition) is 4. The van der Waals surface area contributed by atoms with E-state index in [4.69, 9.17) is 4.42 Å². The molecule has 6 nitrogen and oxygen atoms in total. The van der Waals surface area contributed by atoms with Gasteiger partial charge in [0.15, 0.2) is 12.2 Å². The molecule has 0 bridgehead atoms. The number of fused-ring (bicyclic) bond motifs is 1. The highest BCUT2D eigenvalue weighted by Crippen LogP contribution is 2.29. The van der Waals surface area contributed by atoms with Gasteiger partial charge >= 0.3 is 6.18 Å². The number of aromatic nitrogens is 1. The number of oxazole rings is 1. The van der Waals surface area contributed by atoms with Gasteiger partial charge in [0.25, 0.3) is 0 Å². The molecule has 1 aromatic heterocycles. The monoisotopic (exact) mass is 635 g/mol. The minimum atomic E-state index is -4.46. The van der Waals surface area contributed by atoms with Crippen LogP contribution >= 0.6 is 0 Å². The Labute approximate surface area is 270 Å². The van der Waals surface area contributed by atoms with Crippen LogP contribution in [-0.2, 0) is 41.7 Å². The number of nitrogens with zero attached hydrogens (tertiary/aromatic N) is 3. The maximum absolute atomic E-state index is 14.4. The summed E-state index contributed by atoms with van der Waals surface area (Å²) in [4.78, 5) is 35.9. The molecule has 1 unspecified atom stereocenters. The van der Waals surface area contributed by atoms with Gasteiger partial charge < -0.3 is 14.2 Å². The van der Waals surface area contributed by atoms with Crippen LogP contribution in [-0.4, -0.2) is 39.2 Å². The third-order valence-corrected chi connectivity index (χ3v) is 8.34. The quantitative estimate of drug-likeness (QED) is 0.157. The standard InChI is InChI=1S/C38H32F3N3O3/c39-38(40,41)33-17-12-27(13-18-33)14-19-36(45)44(24-29-10-15-31(16-11-29)35-23-42-26-47-35)34(22-28-6-2-1-3-7-28)37(46)43-21-20-30-8-4-5-9-32(30)25-43/h1-19,23,26,34H,20-22,24-25H2. The Hall–Kier alpha value is -5.44. The highest BCUT2D eigenvalue weighted by molar-refractivity contribution is 5.96. The van der Waals surface area contributed by atoms with Crippen molar-refractivity contribution in [2.75, 3.05) is 6.54 Å². The maximum Gasteiger partial charge on any atom is 0.416 e. The summed E-state index contributed by atoms with van der Waals surface area (Å²) in [6.45, 7) is 1.09. The van der Waals surface area contributed by atoms with Crippen LogP contribution in [0.5, 0.6) is 0 Å². The lowest BCUT2D eigenvalue weighted by atomic mass is 9.97. The number of halogens is 3. The Morgan fingerprint density at radius 3 is 2.26 bits per heavy atom. The predicted octanol–water partition coefficient (Wildman–Crippen LogP) is 7.60. The van der Waals surface area contributed by atoms with Crippen molar-refractivity contribution in [3.63, 3.8) is 0 Å². The van der Waals surface area contributed by atoms with Gasteiger partial charge in [-0.05, 0) is 52.4 Å². The number of benzene rings is 4. The average Bonchev–Trinajstić information content (AvgIpc) is 3.64. The van der Waals surface area contributed by atoms with Crippen LogP contribution in [0.2, 0.25) is 0 Å². The first-order valence-corrected chi connectivity index (χ1v) is 15.3. The van der Waals surface area contributed by atoms with Gasteiger partial charge in [0, 0.05) is 37.7 Å². The van der Waals surface area contributed by atoms with E-state index in [1.807, 2.05) is 77.7 Å². The number of amides is 2. The van der Waals surface area contributed by atoms with Gasteiger partial charge in [-0.25, -0.2) is 4.98 Å². The second-order valence-electron chi connectivity index (χ2n) is 11.5. The van der Waals surface area contributed by atoms with Crippen molar-refractivity contribution in [2.24, 2.45) is 0 Å². The molecule has 0 saturated carbocycles. The molecular weight excluding hydrogens is 603 g/mol. The molecule has 47 heavy (non-hydrogen) atoms. The Morgan fingerprint density at radius 2 is 1.57 bits per heavy atom.